The van der Waals surface area contributed by atoms with Crippen molar-refractivity contribution in [3.63, 3.8) is 0 Å². The largest absolute Gasteiger partial charge is 0.508 e. The number of halogens is 2. The normalized spacial score (nSPS) is 18.7. The van der Waals surface area contributed by atoms with Gasteiger partial charge in [-0.25, -0.2) is 4.39 Å². The van der Waals surface area contributed by atoms with Gasteiger partial charge >= 0.3 is 0 Å². The zero-order valence-electron chi connectivity index (χ0n) is 16.3. The molecule has 0 unspecified atom stereocenters. The number of carbonyl (C=O) groups is 1. The number of hydrogen-bond acceptors (Lipinski definition) is 6. The highest BCUT2D eigenvalue weighted by atomic mass is 35.5. The Morgan fingerprint density at radius 1 is 1.37 bits per heavy atom. The van der Waals surface area contributed by atoms with Crippen LogP contribution in [0.5, 0.6) is 5.75 Å². The molecule has 0 aliphatic carbocycles. The molecule has 6 nitrogen and oxygen atoms in total. The lowest BCUT2D eigenvalue weighted by atomic mass is 9.95. The van der Waals surface area contributed by atoms with Gasteiger partial charge in [0, 0.05) is 48.4 Å². The Bertz CT molecular complexity index is 1160. The summed E-state index contributed by atoms with van der Waals surface area (Å²) in [5.74, 6) is -1.17. The number of nitrogens with zero attached hydrogens (tertiary/aromatic N) is 3. The average Bonchev–Trinajstić information content (AvgIpc) is 3.16. The summed E-state index contributed by atoms with van der Waals surface area (Å²) in [5, 5.41) is 23.1. The molecule has 2 atom stereocenters. The molecule has 9 heteroatoms. The highest BCUT2D eigenvalue weighted by Gasteiger charge is 2.29. The van der Waals surface area contributed by atoms with Crippen molar-refractivity contribution in [2.24, 2.45) is 0 Å². The minimum atomic E-state index is -0.716. The minimum Gasteiger partial charge on any atom is -0.508 e. The molecule has 1 aliphatic heterocycles. The quantitative estimate of drug-likeness (QED) is 0.622. The Labute approximate surface area is 183 Å². The first kappa shape index (κ1) is 22.0. The second-order valence-electron chi connectivity index (χ2n) is 7.35. The number of benzene rings is 2. The number of piperazine rings is 1. The fourth-order valence-electron chi connectivity index (χ4n) is 3.72. The first-order chi connectivity index (χ1) is 13.9. The first-order valence-corrected chi connectivity index (χ1v) is 10.0. The third-order valence-corrected chi connectivity index (χ3v) is 6.04. The van der Waals surface area contributed by atoms with Crippen LogP contribution >= 0.6 is 23.9 Å². The summed E-state index contributed by atoms with van der Waals surface area (Å²) in [7, 11) is 0. The van der Waals surface area contributed by atoms with E-state index in [0.717, 1.165) is 10.8 Å². The molecule has 1 aromatic heterocycles. The van der Waals surface area contributed by atoms with Crippen molar-refractivity contribution in [1.29, 1.82) is 5.26 Å². The highest BCUT2D eigenvalue weighted by molar-refractivity contribution is 7.13. The molecule has 0 saturated carbocycles. The summed E-state index contributed by atoms with van der Waals surface area (Å²) in [4.78, 5) is 15.2. The summed E-state index contributed by atoms with van der Waals surface area (Å²) < 4.78 is 19.6. The van der Waals surface area contributed by atoms with E-state index in [1.165, 1.54) is 17.6 Å². The maximum absolute atomic E-state index is 14.7. The van der Waals surface area contributed by atoms with Gasteiger partial charge in [-0.3, -0.25) is 4.79 Å². The molecule has 0 bridgehead atoms. The Morgan fingerprint density at radius 2 is 2.13 bits per heavy atom. The second-order valence-corrected chi connectivity index (χ2v) is 8.15. The molecular formula is C21H20ClFN4O2S. The maximum atomic E-state index is 14.7. The third-order valence-electron chi connectivity index (χ3n) is 5.19. The molecule has 1 amide bonds. The van der Waals surface area contributed by atoms with Crippen LogP contribution in [-0.2, 0) is 0 Å². The lowest BCUT2D eigenvalue weighted by Gasteiger charge is -2.37. The third kappa shape index (κ3) is 3.84. The van der Waals surface area contributed by atoms with Crippen molar-refractivity contribution in [2.75, 3.05) is 13.1 Å². The zero-order chi connectivity index (χ0) is 20.7. The summed E-state index contributed by atoms with van der Waals surface area (Å²) in [6.45, 7) is 5.28. The number of nitrogens with one attached hydrogen (secondary N) is 1. The summed E-state index contributed by atoms with van der Waals surface area (Å²) >= 11 is 1.22. The second kappa shape index (κ2) is 8.56. The molecule has 1 saturated heterocycles. The number of fused-ring (bicyclic) bond motifs is 1. The Balaban J connectivity index is 0.00000256. The van der Waals surface area contributed by atoms with Crippen LogP contribution < -0.4 is 5.32 Å². The van der Waals surface area contributed by atoms with E-state index in [1.54, 1.807) is 18.3 Å². The van der Waals surface area contributed by atoms with Crippen molar-refractivity contribution in [3.05, 3.63) is 47.4 Å². The zero-order valence-corrected chi connectivity index (χ0v) is 18.0. The van der Waals surface area contributed by atoms with Gasteiger partial charge in [0.25, 0.3) is 5.91 Å². The predicted molar refractivity (Wildman–Crippen MR) is 117 cm³/mol. The van der Waals surface area contributed by atoms with Gasteiger partial charge in [-0.15, -0.1) is 12.4 Å². The van der Waals surface area contributed by atoms with E-state index in [9.17, 15) is 19.6 Å². The molecule has 30 heavy (non-hydrogen) atoms. The van der Waals surface area contributed by atoms with Gasteiger partial charge < -0.3 is 15.3 Å². The van der Waals surface area contributed by atoms with Crippen LogP contribution in [0.1, 0.15) is 29.8 Å². The van der Waals surface area contributed by atoms with Gasteiger partial charge in [0.15, 0.2) is 0 Å². The van der Waals surface area contributed by atoms with Crippen molar-refractivity contribution in [2.45, 2.75) is 25.9 Å². The Hall–Kier alpha value is -2.73. The summed E-state index contributed by atoms with van der Waals surface area (Å²) in [6, 6.07) is 7.65. The lowest BCUT2D eigenvalue weighted by Crippen LogP contribution is -2.56. The van der Waals surface area contributed by atoms with Crippen LogP contribution in [0.3, 0.4) is 0 Å². The highest BCUT2D eigenvalue weighted by Crippen LogP contribution is 2.35. The first-order valence-electron chi connectivity index (χ1n) is 9.24. The topological polar surface area (TPSA) is 89.3 Å². The summed E-state index contributed by atoms with van der Waals surface area (Å²) in [6.07, 6.45) is 1.63. The number of nitriles is 1. The maximum Gasteiger partial charge on any atom is 0.255 e. The number of aromatic hydroxyl groups is 1. The average molecular weight is 447 g/mol. The molecule has 0 radical (unpaired) electrons. The lowest BCUT2D eigenvalue weighted by molar-refractivity contribution is 0.0618. The van der Waals surface area contributed by atoms with E-state index in [2.05, 4.69) is 9.69 Å². The molecule has 4 rings (SSSR count). The van der Waals surface area contributed by atoms with Gasteiger partial charge in [0.2, 0.25) is 0 Å². The van der Waals surface area contributed by atoms with Crippen molar-refractivity contribution < 1.29 is 14.3 Å². The van der Waals surface area contributed by atoms with Gasteiger partial charge in [-0.1, -0.05) is 0 Å². The van der Waals surface area contributed by atoms with Crippen molar-refractivity contribution >= 4 is 39.9 Å². The van der Waals surface area contributed by atoms with E-state index in [-0.39, 0.29) is 47.3 Å². The SMILES string of the molecule is C[C@@H]1CN(C(=O)c2cc(-c3c(F)cc(O)cc3C#N)cc3cnsc23)[C@@H](C)CN1.Cl. The van der Waals surface area contributed by atoms with Gasteiger partial charge in [0.05, 0.1) is 15.8 Å². The number of phenolic OH excluding ortho intramolecular Hbond substituents is 1. The number of amides is 1. The van der Waals surface area contributed by atoms with Gasteiger partial charge in [-0.2, -0.15) is 9.64 Å². The molecule has 2 heterocycles. The summed E-state index contributed by atoms with van der Waals surface area (Å²) in [5.41, 5.74) is 0.921. The van der Waals surface area contributed by atoms with E-state index < -0.39 is 5.82 Å². The van der Waals surface area contributed by atoms with Crippen LogP contribution in [0.15, 0.2) is 30.5 Å². The Kier molecular flexibility index (Phi) is 6.27. The fourth-order valence-corrected chi connectivity index (χ4v) is 4.45. The predicted octanol–water partition coefficient (Wildman–Crippen LogP) is 3.92. The monoisotopic (exact) mass is 446 g/mol. The smallest absolute Gasteiger partial charge is 0.255 e. The van der Waals surface area contributed by atoms with E-state index in [4.69, 9.17) is 0 Å². The molecule has 1 fully saturated rings. The number of phenols is 1. The molecule has 2 N–H and O–H groups in total. The van der Waals surface area contributed by atoms with Crippen molar-refractivity contribution in [1.82, 2.24) is 14.6 Å². The number of hydrogen-bond donors (Lipinski definition) is 2. The number of aromatic nitrogens is 1. The van der Waals surface area contributed by atoms with Gasteiger partial charge in [0.1, 0.15) is 17.6 Å². The molecule has 156 valence electrons. The van der Waals surface area contributed by atoms with Crippen LogP contribution in [0.25, 0.3) is 21.2 Å². The minimum absolute atomic E-state index is 0. The fraction of sp³-hybridized carbons (Fsp3) is 0.286. The van der Waals surface area contributed by atoms with Crippen LogP contribution in [0.2, 0.25) is 0 Å². The van der Waals surface area contributed by atoms with Crippen LogP contribution in [0.4, 0.5) is 4.39 Å². The molecule has 1 aliphatic rings. The molecule has 3 aromatic rings. The van der Waals surface area contributed by atoms with Crippen molar-refractivity contribution in [3.8, 4) is 22.9 Å². The van der Waals surface area contributed by atoms with Crippen LogP contribution in [0, 0.1) is 17.1 Å². The van der Waals surface area contributed by atoms with E-state index >= 15 is 0 Å². The number of rotatable bonds is 2. The standard InChI is InChI=1S/C21H19FN4O2S.ClH/c1-11-10-26(12(2)8-24-11)21(28)17-5-13(3-15-9-25-29-20(15)17)19-14(7-23)4-16(27)6-18(19)22;/h3-6,9,11-12,24,27H,8,10H2,1-2H3;1H/t11-,12+;/m1./s1. The molecule has 0 spiro atoms. The molecular weight excluding hydrogens is 427 g/mol. The van der Waals surface area contributed by atoms with E-state index in [0.29, 0.717) is 29.6 Å². The van der Waals surface area contributed by atoms with Crippen LogP contribution in [-0.4, -0.2) is 45.5 Å². The van der Waals surface area contributed by atoms with Gasteiger partial charge in [-0.05, 0) is 49.1 Å². The molecule has 2 aromatic carbocycles. The van der Waals surface area contributed by atoms with E-state index in [1.807, 2.05) is 24.8 Å². The Morgan fingerprint density at radius 3 is 2.87 bits per heavy atom. The number of carbonyl (C=O) groups excluding carboxylic acids is 1.